The first-order valence-corrected chi connectivity index (χ1v) is 11.9. The number of amides is 1. The Balaban J connectivity index is 1.80. The molecular weight excluding hydrogens is 438 g/mol. The lowest BCUT2D eigenvalue weighted by molar-refractivity contribution is -0.118. The molecule has 1 heterocycles. The molecule has 9 heteroatoms. The largest absolute Gasteiger partial charge is 0.488 e. The molecule has 0 radical (unpaired) electrons. The molecule has 6 nitrogen and oxygen atoms in total. The summed E-state index contributed by atoms with van der Waals surface area (Å²) in [7, 11) is -3.85. The van der Waals surface area contributed by atoms with Crippen molar-refractivity contribution in [2.24, 2.45) is 0 Å². The first-order chi connectivity index (χ1) is 14.7. The molecule has 0 spiro atoms. The Morgan fingerprint density at radius 2 is 1.75 bits per heavy atom. The van der Waals surface area contributed by atoms with Crippen LogP contribution in [0, 0.1) is 11.6 Å². The SMILES string of the molecule is C[C@@H](NC(=O)C1=Cc2cc(C(C)(C)C)ccc2OC1)c1cc(F)c(NS(C)(=O)=O)c(F)c1. The van der Waals surface area contributed by atoms with E-state index in [0.29, 0.717) is 11.3 Å². The van der Waals surface area contributed by atoms with Crippen LogP contribution in [0.15, 0.2) is 35.9 Å². The van der Waals surface area contributed by atoms with Gasteiger partial charge in [0.25, 0.3) is 5.91 Å². The average Bonchev–Trinajstić information content (AvgIpc) is 2.68. The van der Waals surface area contributed by atoms with Gasteiger partial charge in [-0.3, -0.25) is 9.52 Å². The Hall–Kier alpha value is -2.94. The third-order valence-corrected chi connectivity index (χ3v) is 5.65. The van der Waals surface area contributed by atoms with Crippen LogP contribution in [-0.2, 0) is 20.2 Å². The molecule has 0 aliphatic carbocycles. The van der Waals surface area contributed by atoms with Crippen molar-refractivity contribution < 1.29 is 26.7 Å². The van der Waals surface area contributed by atoms with Crippen molar-refractivity contribution in [1.29, 1.82) is 0 Å². The van der Waals surface area contributed by atoms with Crippen molar-refractivity contribution in [3.05, 3.63) is 64.2 Å². The number of nitrogens with one attached hydrogen (secondary N) is 2. The third-order valence-electron chi connectivity index (χ3n) is 5.08. The highest BCUT2D eigenvalue weighted by Gasteiger charge is 2.23. The molecule has 0 bridgehead atoms. The van der Waals surface area contributed by atoms with Crippen LogP contribution in [0.2, 0.25) is 0 Å². The summed E-state index contributed by atoms with van der Waals surface area (Å²) in [6.45, 7) is 7.91. The predicted molar refractivity (Wildman–Crippen MR) is 120 cm³/mol. The van der Waals surface area contributed by atoms with E-state index in [1.54, 1.807) is 13.0 Å². The molecule has 0 saturated heterocycles. The standard InChI is InChI=1S/C23H26F2N2O4S/c1-13(14-10-18(24)21(19(25)11-14)27-32(5,29)30)26-22(28)16-8-15-9-17(23(2,3)4)6-7-20(15)31-12-16/h6-11,13,27H,12H2,1-5H3,(H,26,28)/t13-/m1/s1. The van der Waals surface area contributed by atoms with Crippen LogP contribution in [0.1, 0.15) is 50.4 Å². The van der Waals surface area contributed by atoms with Gasteiger partial charge >= 0.3 is 0 Å². The van der Waals surface area contributed by atoms with E-state index in [4.69, 9.17) is 4.74 Å². The highest BCUT2D eigenvalue weighted by atomic mass is 32.2. The maximum Gasteiger partial charge on any atom is 0.251 e. The highest BCUT2D eigenvalue weighted by molar-refractivity contribution is 7.92. The molecule has 2 aromatic carbocycles. The quantitative estimate of drug-likeness (QED) is 0.692. The number of carbonyl (C=O) groups is 1. The van der Waals surface area contributed by atoms with Gasteiger partial charge in [0.1, 0.15) is 18.0 Å². The van der Waals surface area contributed by atoms with Crippen molar-refractivity contribution in [2.75, 3.05) is 17.6 Å². The number of benzene rings is 2. The zero-order valence-corrected chi connectivity index (χ0v) is 19.4. The van der Waals surface area contributed by atoms with Crippen LogP contribution in [-0.4, -0.2) is 27.2 Å². The molecule has 1 atom stereocenters. The van der Waals surface area contributed by atoms with Gasteiger partial charge in [0.2, 0.25) is 10.0 Å². The second kappa shape index (κ2) is 8.54. The molecule has 0 unspecified atom stereocenters. The Bertz CT molecular complexity index is 1180. The molecule has 1 amide bonds. The Kier molecular flexibility index (Phi) is 6.33. The number of rotatable bonds is 5. The molecule has 32 heavy (non-hydrogen) atoms. The lowest BCUT2D eigenvalue weighted by Crippen LogP contribution is -2.31. The molecule has 2 aromatic rings. The summed E-state index contributed by atoms with van der Waals surface area (Å²) in [6, 6.07) is 7.08. The van der Waals surface area contributed by atoms with E-state index in [0.717, 1.165) is 29.5 Å². The molecule has 1 aliphatic heterocycles. The minimum Gasteiger partial charge on any atom is -0.488 e. The number of anilines is 1. The second-order valence-corrected chi connectivity index (χ2v) is 10.6. The van der Waals surface area contributed by atoms with Gasteiger partial charge in [0.05, 0.1) is 17.9 Å². The first-order valence-electron chi connectivity index (χ1n) is 10.00. The maximum atomic E-state index is 14.3. The molecular formula is C23H26F2N2O4S. The number of sulfonamides is 1. The number of fused-ring (bicyclic) bond motifs is 1. The van der Waals surface area contributed by atoms with Gasteiger partial charge < -0.3 is 10.1 Å². The molecule has 0 aromatic heterocycles. The zero-order chi connectivity index (χ0) is 23.8. The molecule has 172 valence electrons. The zero-order valence-electron chi connectivity index (χ0n) is 18.5. The van der Waals surface area contributed by atoms with Gasteiger partial charge in [-0.15, -0.1) is 0 Å². The summed E-state index contributed by atoms with van der Waals surface area (Å²) in [6.07, 6.45) is 2.54. The minimum absolute atomic E-state index is 0.0659. The lowest BCUT2D eigenvalue weighted by Gasteiger charge is -2.24. The molecule has 0 fully saturated rings. The van der Waals surface area contributed by atoms with Crippen molar-refractivity contribution in [3.63, 3.8) is 0 Å². The molecule has 1 aliphatic rings. The lowest BCUT2D eigenvalue weighted by atomic mass is 9.85. The van der Waals surface area contributed by atoms with Gasteiger partial charge in [0.15, 0.2) is 11.6 Å². The normalized spacial score (nSPS) is 14.7. The summed E-state index contributed by atoms with van der Waals surface area (Å²) in [4.78, 5) is 12.8. The fraction of sp³-hybridized carbons (Fsp3) is 0.348. The van der Waals surface area contributed by atoms with E-state index in [1.807, 2.05) is 22.9 Å². The average molecular weight is 465 g/mol. The van der Waals surface area contributed by atoms with Gasteiger partial charge in [-0.2, -0.15) is 0 Å². The topological polar surface area (TPSA) is 84.5 Å². The van der Waals surface area contributed by atoms with Crippen LogP contribution in [0.25, 0.3) is 6.08 Å². The number of hydrogen-bond acceptors (Lipinski definition) is 4. The molecule has 2 N–H and O–H groups in total. The summed E-state index contributed by atoms with van der Waals surface area (Å²) >= 11 is 0. The monoisotopic (exact) mass is 464 g/mol. The Morgan fingerprint density at radius 1 is 1.12 bits per heavy atom. The van der Waals surface area contributed by atoms with Crippen molar-refractivity contribution >= 4 is 27.7 Å². The fourth-order valence-corrected chi connectivity index (χ4v) is 3.84. The summed E-state index contributed by atoms with van der Waals surface area (Å²) < 4.78 is 58.6. The minimum atomic E-state index is -3.85. The number of hydrogen-bond donors (Lipinski definition) is 2. The summed E-state index contributed by atoms with van der Waals surface area (Å²) in [5.74, 6) is -1.89. The van der Waals surface area contributed by atoms with Gasteiger partial charge in [-0.25, -0.2) is 17.2 Å². The number of carbonyl (C=O) groups excluding carboxylic acids is 1. The fourth-order valence-electron chi connectivity index (χ4n) is 3.27. The van der Waals surface area contributed by atoms with Crippen LogP contribution < -0.4 is 14.8 Å². The Morgan fingerprint density at radius 3 is 2.31 bits per heavy atom. The molecule has 0 saturated carbocycles. The van der Waals surface area contributed by atoms with E-state index in [9.17, 15) is 22.0 Å². The first kappa shape index (κ1) is 23.7. The highest BCUT2D eigenvalue weighted by Crippen LogP contribution is 2.32. The van der Waals surface area contributed by atoms with Crippen LogP contribution >= 0.6 is 0 Å². The number of halogens is 2. The van der Waals surface area contributed by atoms with Gasteiger partial charge in [-0.1, -0.05) is 26.8 Å². The second-order valence-electron chi connectivity index (χ2n) is 8.89. The van der Waals surface area contributed by atoms with E-state index < -0.39 is 39.3 Å². The molecule has 3 rings (SSSR count). The van der Waals surface area contributed by atoms with Crippen LogP contribution in [0.3, 0.4) is 0 Å². The van der Waals surface area contributed by atoms with Crippen molar-refractivity contribution in [2.45, 2.75) is 39.2 Å². The smallest absolute Gasteiger partial charge is 0.251 e. The van der Waals surface area contributed by atoms with E-state index in [-0.39, 0.29) is 17.6 Å². The van der Waals surface area contributed by atoms with E-state index in [1.165, 1.54) is 0 Å². The predicted octanol–water partition coefficient (Wildman–Crippen LogP) is 4.29. The van der Waals surface area contributed by atoms with Gasteiger partial charge in [0, 0.05) is 5.56 Å². The maximum absolute atomic E-state index is 14.3. The van der Waals surface area contributed by atoms with Crippen molar-refractivity contribution in [3.8, 4) is 5.75 Å². The van der Waals surface area contributed by atoms with Crippen LogP contribution in [0.4, 0.5) is 14.5 Å². The third kappa shape index (κ3) is 5.45. The van der Waals surface area contributed by atoms with Crippen molar-refractivity contribution in [1.82, 2.24) is 5.32 Å². The van der Waals surface area contributed by atoms with Gasteiger partial charge in [-0.05, 0) is 53.8 Å². The van der Waals surface area contributed by atoms with E-state index >= 15 is 0 Å². The summed E-state index contributed by atoms with van der Waals surface area (Å²) in [5.41, 5.74) is 1.59. The van der Waals surface area contributed by atoms with E-state index in [2.05, 4.69) is 26.1 Å². The Labute approximate surface area is 186 Å². The summed E-state index contributed by atoms with van der Waals surface area (Å²) in [5, 5.41) is 2.70. The number of ether oxygens (including phenoxy) is 1. The van der Waals surface area contributed by atoms with Crippen LogP contribution in [0.5, 0.6) is 5.75 Å².